The van der Waals surface area contributed by atoms with Crippen LogP contribution in [-0.2, 0) is 48.4 Å². The second-order valence-corrected chi connectivity index (χ2v) is 13.9. The van der Waals surface area contributed by atoms with Crippen LogP contribution in [0.2, 0.25) is 0 Å². The molecule has 0 radical (unpaired) electrons. The molecule has 2 amide bonds. The molecule has 0 aromatic heterocycles. The van der Waals surface area contributed by atoms with Crippen molar-refractivity contribution in [3.63, 3.8) is 0 Å². The Hall–Kier alpha value is -3.64. The molecule has 1 aliphatic heterocycles. The van der Waals surface area contributed by atoms with Gasteiger partial charge in [0.1, 0.15) is 24.4 Å². The van der Waals surface area contributed by atoms with Gasteiger partial charge in [0, 0.05) is 19.8 Å². The minimum Gasteiger partial charge on any atom is -0.829 e. The number of ether oxygens (including phenoxy) is 4. The van der Waals surface area contributed by atoms with Crippen molar-refractivity contribution in [1.29, 1.82) is 0 Å². The zero-order valence-electron chi connectivity index (χ0n) is 31.5. The largest absolute Gasteiger partial charge is 0.829 e. The summed E-state index contributed by atoms with van der Waals surface area (Å²) in [5.74, 6) is -1.10. The predicted molar refractivity (Wildman–Crippen MR) is 202 cm³/mol. The number of amides is 2. The summed E-state index contributed by atoms with van der Waals surface area (Å²) in [4.78, 5) is 27.5. The Balaban J connectivity index is 1.47. The molecule has 1 fully saturated rings. The van der Waals surface area contributed by atoms with Gasteiger partial charge in [-0.15, -0.1) is 0 Å². The average Bonchev–Trinajstić information content (AvgIpc) is 3.17. The second kappa shape index (κ2) is 23.9. The van der Waals surface area contributed by atoms with Gasteiger partial charge in [-0.2, -0.15) is 0 Å². The number of rotatable bonds is 24. The normalized spacial score (nSPS) is 20.5. The van der Waals surface area contributed by atoms with Crippen LogP contribution in [0.15, 0.2) is 91.0 Å². The van der Waals surface area contributed by atoms with Crippen molar-refractivity contribution >= 4 is 11.8 Å². The highest BCUT2D eigenvalue weighted by Gasteiger charge is 2.47. The second-order valence-electron chi connectivity index (χ2n) is 13.9. The lowest BCUT2D eigenvalue weighted by atomic mass is 9.94. The van der Waals surface area contributed by atoms with Gasteiger partial charge in [0.05, 0.1) is 39.0 Å². The highest BCUT2D eigenvalue weighted by molar-refractivity contribution is 5.82. The lowest BCUT2D eigenvalue weighted by Gasteiger charge is -2.52. The minimum atomic E-state index is -1.78. The summed E-state index contributed by atoms with van der Waals surface area (Å²) in [6.07, 6.45) is 4.37. The third-order valence-corrected chi connectivity index (χ3v) is 9.60. The van der Waals surface area contributed by atoms with Crippen molar-refractivity contribution in [3.05, 3.63) is 108 Å². The van der Waals surface area contributed by atoms with Crippen molar-refractivity contribution in [2.75, 3.05) is 19.7 Å². The highest BCUT2D eigenvalue weighted by atomic mass is 16.7. The molecule has 2 N–H and O–H groups in total. The van der Waals surface area contributed by atoms with Crippen LogP contribution in [-0.4, -0.2) is 78.3 Å². The molecule has 3 aromatic carbocycles. The van der Waals surface area contributed by atoms with Gasteiger partial charge in [-0.3, -0.25) is 9.59 Å². The Morgan fingerprint density at radius 1 is 0.755 bits per heavy atom. The SMILES string of the molecule is CCCCCCCCCCCNC(=O)C(O)CN(C(C)=O)[C@@H]1[C@@H](OCc2ccccc2)[C@H](OCc2ccccc2)[C@@H](COCc2ccccc2)O[C@@H]1[O-]. The molecule has 53 heavy (non-hydrogen) atoms. The van der Waals surface area contributed by atoms with Gasteiger partial charge in [-0.1, -0.05) is 149 Å². The van der Waals surface area contributed by atoms with Crippen LogP contribution in [0, 0.1) is 0 Å². The minimum absolute atomic E-state index is 0.0367. The van der Waals surface area contributed by atoms with Crippen molar-refractivity contribution in [2.45, 2.75) is 128 Å². The lowest BCUT2D eigenvalue weighted by molar-refractivity contribution is -0.527. The van der Waals surface area contributed by atoms with Gasteiger partial charge < -0.3 is 39.4 Å². The van der Waals surface area contributed by atoms with Gasteiger partial charge in [0.2, 0.25) is 5.91 Å². The summed E-state index contributed by atoms with van der Waals surface area (Å²) < 4.78 is 25.2. The number of nitrogens with zero attached hydrogens (tertiary/aromatic N) is 1. The van der Waals surface area contributed by atoms with Gasteiger partial charge in [0.15, 0.2) is 0 Å². The molecule has 0 aliphatic carbocycles. The lowest BCUT2D eigenvalue weighted by Crippen LogP contribution is -2.70. The van der Waals surface area contributed by atoms with E-state index in [1.165, 1.54) is 50.3 Å². The topological polar surface area (TPSA) is 130 Å². The van der Waals surface area contributed by atoms with Crippen LogP contribution in [0.4, 0.5) is 0 Å². The number of nitrogens with one attached hydrogen (secondary N) is 1. The fourth-order valence-corrected chi connectivity index (χ4v) is 6.64. The van der Waals surface area contributed by atoms with Crippen LogP contribution >= 0.6 is 0 Å². The van der Waals surface area contributed by atoms with Gasteiger partial charge in [-0.25, -0.2) is 0 Å². The van der Waals surface area contributed by atoms with Crippen molar-refractivity contribution in [3.8, 4) is 0 Å². The number of benzene rings is 3. The summed E-state index contributed by atoms with van der Waals surface area (Å²) in [5, 5.41) is 27.9. The summed E-state index contributed by atoms with van der Waals surface area (Å²) in [6.45, 7) is 4.19. The van der Waals surface area contributed by atoms with Gasteiger partial charge in [0.25, 0.3) is 5.91 Å². The molecule has 10 nitrogen and oxygen atoms in total. The Kier molecular flexibility index (Phi) is 19.0. The smallest absolute Gasteiger partial charge is 0.250 e. The first-order valence-corrected chi connectivity index (χ1v) is 19.3. The Labute approximate surface area is 315 Å². The molecule has 0 spiro atoms. The van der Waals surface area contributed by atoms with Crippen molar-refractivity contribution in [2.24, 2.45) is 0 Å². The molecule has 10 heteroatoms. The Bertz CT molecular complexity index is 1430. The van der Waals surface area contributed by atoms with Crippen LogP contribution in [0.5, 0.6) is 0 Å². The van der Waals surface area contributed by atoms with Gasteiger partial charge in [-0.05, 0) is 23.1 Å². The van der Waals surface area contributed by atoms with E-state index in [1.807, 2.05) is 91.0 Å². The van der Waals surface area contributed by atoms with Crippen molar-refractivity contribution < 1.29 is 38.7 Å². The van der Waals surface area contributed by atoms with E-state index in [0.29, 0.717) is 13.2 Å². The maximum atomic E-state index is 14.0. The van der Waals surface area contributed by atoms with Crippen LogP contribution < -0.4 is 10.4 Å². The van der Waals surface area contributed by atoms with Crippen LogP contribution in [0.1, 0.15) is 88.3 Å². The van der Waals surface area contributed by atoms with Crippen molar-refractivity contribution in [1.82, 2.24) is 10.2 Å². The van der Waals surface area contributed by atoms with Crippen LogP contribution in [0.25, 0.3) is 0 Å². The Morgan fingerprint density at radius 2 is 1.25 bits per heavy atom. The number of hydrogen-bond acceptors (Lipinski definition) is 8. The predicted octanol–water partition coefficient (Wildman–Crippen LogP) is 5.68. The molecule has 1 saturated heterocycles. The Morgan fingerprint density at radius 3 is 1.77 bits per heavy atom. The molecule has 0 saturated carbocycles. The summed E-state index contributed by atoms with van der Waals surface area (Å²) in [5.41, 5.74) is 2.73. The third-order valence-electron chi connectivity index (χ3n) is 9.60. The van der Waals surface area contributed by atoms with Gasteiger partial charge >= 0.3 is 0 Å². The fraction of sp³-hybridized carbons (Fsp3) is 0.535. The first kappa shape index (κ1) is 42.1. The monoisotopic (exact) mass is 731 g/mol. The molecule has 1 unspecified atom stereocenters. The van der Waals surface area contributed by atoms with E-state index >= 15 is 0 Å². The fourth-order valence-electron chi connectivity index (χ4n) is 6.64. The van der Waals surface area contributed by atoms with E-state index < -0.39 is 55.1 Å². The van der Waals surface area contributed by atoms with E-state index in [-0.39, 0.29) is 19.8 Å². The number of carbonyl (C=O) groups excluding carboxylic acids is 2. The van der Waals surface area contributed by atoms with Crippen LogP contribution in [0.3, 0.4) is 0 Å². The molecule has 3 aromatic rings. The molecule has 290 valence electrons. The number of aliphatic hydroxyl groups is 1. The zero-order valence-corrected chi connectivity index (χ0v) is 31.5. The van der Waals surface area contributed by atoms with E-state index in [2.05, 4.69) is 12.2 Å². The van der Waals surface area contributed by atoms with E-state index in [0.717, 1.165) is 36.0 Å². The summed E-state index contributed by atoms with van der Waals surface area (Å²) in [7, 11) is 0. The summed E-state index contributed by atoms with van der Waals surface area (Å²) in [6, 6.07) is 27.6. The zero-order chi connectivity index (χ0) is 37.7. The van der Waals surface area contributed by atoms with E-state index in [1.54, 1.807) is 0 Å². The number of unbranched alkanes of at least 4 members (excludes halogenated alkanes) is 8. The standard InChI is InChI=1S/C43H59N2O8/c1-3-4-5-6-7-8-9-10-20-27-44-42(48)37(47)28-45(33(2)46)39-41(52-31-36-25-18-13-19-26-36)40(51-30-35-23-16-12-17-24-35)38(53-43(39)49)32-50-29-34-21-14-11-15-22-34/h11-19,21-26,37-41,43,47H,3-10,20,27-32H2,1-2H3,(H,44,48)/q-1/t37?,38-,39-,40-,41-,43+/m1/s1. The number of aliphatic hydroxyl groups excluding tert-OH is 1. The molecule has 0 bridgehead atoms. The number of carbonyl (C=O) groups is 2. The van der Waals surface area contributed by atoms with E-state index in [9.17, 15) is 19.8 Å². The molecule has 1 aliphatic rings. The molecule has 4 rings (SSSR count). The quantitative estimate of drug-likeness (QED) is 0.113. The maximum absolute atomic E-state index is 14.0. The first-order valence-electron chi connectivity index (χ1n) is 19.3. The molecular formula is C43H59N2O8-. The number of hydrogen-bond donors (Lipinski definition) is 2. The molecular weight excluding hydrogens is 672 g/mol. The third kappa shape index (κ3) is 14.6. The van der Waals surface area contributed by atoms with E-state index in [4.69, 9.17) is 18.9 Å². The molecule has 6 atom stereocenters. The maximum Gasteiger partial charge on any atom is 0.250 e. The molecule has 1 heterocycles. The summed E-state index contributed by atoms with van der Waals surface area (Å²) >= 11 is 0. The average molecular weight is 732 g/mol. The highest BCUT2D eigenvalue weighted by Crippen LogP contribution is 2.30. The first-order chi connectivity index (χ1) is 25.9.